The predicted octanol–water partition coefficient (Wildman–Crippen LogP) is -4.16. The molecule has 4 aliphatic rings. The van der Waals surface area contributed by atoms with Crippen molar-refractivity contribution in [1.29, 1.82) is 0 Å². The molecule has 2 saturated heterocycles. The Morgan fingerprint density at radius 2 is 1.57 bits per heavy atom. The third kappa shape index (κ3) is 4.84. The van der Waals surface area contributed by atoms with Crippen LogP contribution in [0.1, 0.15) is 12.5 Å². The summed E-state index contributed by atoms with van der Waals surface area (Å²) in [6.45, 7) is -1.63. The first-order chi connectivity index (χ1) is 16.4. The Morgan fingerprint density at radius 3 is 2.23 bits per heavy atom. The Balaban J connectivity index is 1.55. The molecule has 17 nitrogen and oxygen atoms in total. The van der Waals surface area contributed by atoms with Crippen LogP contribution in [-0.4, -0.2) is 94.6 Å². The van der Waals surface area contributed by atoms with Crippen LogP contribution in [0, 0.1) is 0 Å². The second kappa shape index (κ2) is 9.28. The third-order valence-electron chi connectivity index (χ3n) is 5.69. The monoisotopic (exact) mass is 605 g/mol. The molecule has 0 spiro atoms. The minimum Gasteiger partial charge on any atom is -0.603 e. The van der Waals surface area contributed by atoms with Crippen LogP contribution in [0.5, 0.6) is 0 Å². The van der Waals surface area contributed by atoms with Crippen molar-refractivity contribution in [3.05, 3.63) is 17.3 Å². The fourth-order valence-corrected chi connectivity index (χ4v) is 6.65. The number of hydrogen-bond donors (Lipinski definition) is 6. The largest absolute Gasteiger partial charge is 0.603 e. The van der Waals surface area contributed by atoms with Crippen molar-refractivity contribution >= 4 is 43.4 Å². The van der Waals surface area contributed by atoms with Crippen molar-refractivity contribution in [2.24, 2.45) is 0 Å². The molecule has 35 heavy (non-hydrogen) atoms. The molecule has 6 heterocycles. The van der Waals surface area contributed by atoms with Gasteiger partial charge in [-0.15, -0.1) is 0 Å². The van der Waals surface area contributed by atoms with Gasteiger partial charge in [-0.2, -0.15) is 18.8 Å². The van der Waals surface area contributed by atoms with Crippen LogP contribution >= 0.6 is 32.3 Å². The summed E-state index contributed by atoms with van der Waals surface area (Å²) in [5.41, 5.74) is 0.431. The van der Waals surface area contributed by atoms with Crippen molar-refractivity contribution in [3.63, 3.8) is 0 Å². The number of halogens is 1. The van der Waals surface area contributed by atoms with Crippen molar-refractivity contribution in [2.45, 2.75) is 49.1 Å². The first-order valence-electron chi connectivity index (χ1n) is 10.0. The fraction of sp³-hybridized carbons (Fsp3) is 0.667. The van der Waals surface area contributed by atoms with E-state index in [0.717, 1.165) is 0 Å². The lowest BCUT2D eigenvalue weighted by molar-refractivity contribution is -0.767. The van der Waals surface area contributed by atoms with E-state index < -0.39 is 78.6 Å². The molecule has 20 heteroatoms. The average Bonchev–Trinajstić information content (AvgIpc) is 3.35. The van der Waals surface area contributed by atoms with Gasteiger partial charge in [-0.3, -0.25) is 4.57 Å². The highest BCUT2D eigenvalue weighted by Gasteiger charge is 2.53. The van der Waals surface area contributed by atoms with E-state index >= 15 is 0 Å². The number of ether oxygens (including phenoxy) is 2. The third-order valence-corrected chi connectivity index (χ3v) is 8.85. The van der Waals surface area contributed by atoms with Gasteiger partial charge in [0.15, 0.2) is 16.5 Å². The maximum atomic E-state index is 12.2. The Hall–Kier alpha value is -0.630. The molecule has 194 valence electrons. The topological polar surface area (TPSA) is 248 Å². The standard InChI is InChI=1S/C15H19BrN4O13P2/c16-15-18-5-1-19-4-17-12(5)20(15)14-11(24)9(22)7(32-14)3-30-35(27,28)33-34(25,26)29-2-6-8(21)10(23)13(19)31-6/h1,4,6-11,13-14,21-24H,2-3H2,(H-,25,26,27,28)/p+1/t6-,7-,8-,9-,10-,11-,13-,14-/m1/s1. The number of fused-ring (bicyclic) bond motifs is 7. The number of nitrogens with zero attached hydrogens (tertiary/aromatic N) is 4. The summed E-state index contributed by atoms with van der Waals surface area (Å²) < 4.78 is 27.5. The van der Waals surface area contributed by atoms with Crippen molar-refractivity contribution in [3.8, 4) is 0 Å². The van der Waals surface area contributed by atoms with Gasteiger partial charge in [0.25, 0.3) is 12.0 Å². The van der Waals surface area contributed by atoms with E-state index in [-0.39, 0.29) is 15.9 Å². The Bertz CT molecular complexity index is 1110. The van der Waals surface area contributed by atoms with Crippen LogP contribution in [0.2, 0.25) is 0 Å². The molecule has 2 aromatic rings. The second-order valence-electron chi connectivity index (χ2n) is 7.98. The molecule has 2 fully saturated rings. The number of aliphatic hydroxyl groups is 4. The van der Waals surface area contributed by atoms with Crippen molar-refractivity contribution < 1.29 is 67.4 Å². The van der Waals surface area contributed by atoms with E-state index in [4.69, 9.17) is 9.47 Å². The van der Waals surface area contributed by atoms with Gasteiger partial charge >= 0.3 is 16.3 Å². The number of hydrogen-bond acceptors (Lipinski definition) is 15. The zero-order valence-corrected chi connectivity index (χ0v) is 20.7. The molecule has 0 saturated carbocycles. The SMILES string of the molecule is [O-][P+]1(O)OC[C@H]2O[C@H]([C@H](O)[C@@H]2O)n2c(Br)nc3c[n+](cnc32)[C@@H]2O[C@H](CO[P+]([O-])(O)O1)[C@@H](O)[C@H]2O. The Labute approximate surface area is 205 Å². The Morgan fingerprint density at radius 1 is 0.971 bits per heavy atom. The van der Waals surface area contributed by atoms with E-state index in [1.165, 1.54) is 21.7 Å². The average molecular weight is 606 g/mol. The molecular weight excluding hydrogens is 586 g/mol. The van der Waals surface area contributed by atoms with Crippen LogP contribution in [0.25, 0.3) is 11.2 Å². The van der Waals surface area contributed by atoms with Crippen LogP contribution in [0.15, 0.2) is 17.3 Å². The minimum absolute atomic E-state index is 0.144. The summed E-state index contributed by atoms with van der Waals surface area (Å²) in [7, 11) is -10.5. The van der Waals surface area contributed by atoms with Crippen LogP contribution < -0.4 is 14.4 Å². The van der Waals surface area contributed by atoms with Gasteiger partial charge in [0.05, 0.1) is 0 Å². The second-order valence-corrected chi connectivity index (χ2v) is 11.7. The van der Waals surface area contributed by atoms with Gasteiger partial charge in [0.1, 0.15) is 56.0 Å². The molecule has 8 bridgehead atoms. The first kappa shape index (κ1) is 26.0. The van der Waals surface area contributed by atoms with Gasteiger partial charge in [-0.25, -0.2) is 9.55 Å². The lowest BCUT2D eigenvalue weighted by Crippen LogP contribution is -2.46. The molecule has 6 N–H and O–H groups in total. The summed E-state index contributed by atoms with van der Waals surface area (Å²) in [5, 5.41) is 41.7. The maximum Gasteiger partial charge on any atom is 0.434 e. The number of phosphoric ester groups is 2. The molecule has 0 amide bonds. The minimum atomic E-state index is -5.24. The number of rotatable bonds is 0. The van der Waals surface area contributed by atoms with Crippen LogP contribution in [0.4, 0.5) is 0 Å². The van der Waals surface area contributed by atoms with Crippen molar-refractivity contribution in [1.82, 2.24) is 14.5 Å². The first-order valence-corrected chi connectivity index (χ1v) is 13.8. The Kier molecular flexibility index (Phi) is 6.90. The smallest absolute Gasteiger partial charge is 0.434 e. The van der Waals surface area contributed by atoms with Gasteiger partial charge in [-0.1, -0.05) is 0 Å². The molecule has 0 aliphatic carbocycles. The highest BCUT2D eigenvalue weighted by atomic mass is 79.9. The maximum absolute atomic E-state index is 12.2. The molecule has 2 aromatic heterocycles. The zero-order chi connectivity index (χ0) is 25.3. The van der Waals surface area contributed by atoms with E-state index in [1.807, 2.05) is 0 Å². The zero-order valence-electron chi connectivity index (χ0n) is 17.3. The van der Waals surface area contributed by atoms with Gasteiger partial charge < -0.3 is 39.7 Å². The highest BCUT2D eigenvalue weighted by Crippen LogP contribution is 2.65. The molecule has 4 aliphatic heterocycles. The number of imidazole rings is 1. The van der Waals surface area contributed by atoms with Gasteiger partial charge in [0, 0.05) is 4.31 Å². The van der Waals surface area contributed by atoms with E-state index in [9.17, 15) is 40.0 Å². The summed E-state index contributed by atoms with van der Waals surface area (Å²) in [5.74, 6) is 0. The normalized spacial score (nSPS) is 44.7. The van der Waals surface area contributed by atoms with E-state index in [0.29, 0.717) is 0 Å². The van der Waals surface area contributed by atoms with E-state index in [1.54, 1.807) is 0 Å². The molecule has 0 radical (unpaired) electrons. The highest BCUT2D eigenvalue weighted by molar-refractivity contribution is 9.10. The quantitative estimate of drug-likeness (QED) is 0.0947. The van der Waals surface area contributed by atoms with Crippen LogP contribution in [0.3, 0.4) is 0 Å². The fourth-order valence-electron chi connectivity index (χ4n) is 4.00. The van der Waals surface area contributed by atoms with E-state index in [2.05, 4.69) is 39.3 Å². The molecule has 0 aromatic carbocycles. The van der Waals surface area contributed by atoms with Gasteiger partial charge in [-0.05, 0) is 20.9 Å². The molecular formula is C15H20BrN4O13P2+. The lowest BCUT2D eigenvalue weighted by atomic mass is 10.1. The summed E-state index contributed by atoms with van der Waals surface area (Å²) in [6, 6.07) is 0. The number of phosphoric acid groups is 2. The summed E-state index contributed by atoms with van der Waals surface area (Å²) in [4.78, 5) is 52.6. The lowest BCUT2D eigenvalue weighted by Gasteiger charge is -2.26. The molecule has 6 rings (SSSR count). The van der Waals surface area contributed by atoms with Crippen LogP contribution in [-0.2, 0) is 22.8 Å². The summed E-state index contributed by atoms with van der Waals surface area (Å²) >= 11 is 3.24. The van der Waals surface area contributed by atoms with Crippen molar-refractivity contribution in [2.75, 3.05) is 13.2 Å². The predicted molar refractivity (Wildman–Crippen MR) is 109 cm³/mol. The van der Waals surface area contributed by atoms with Gasteiger partial charge in [0.2, 0.25) is 6.23 Å². The molecule has 2 unspecified atom stereocenters. The molecule has 10 atom stereocenters. The number of aliphatic hydroxyl groups excluding tert-OH is 4. The summed E-state index contributed by atoms with van der Waals surface area (Å²) in [6.07, 6.45) is -8.76. The number of aromatic nitrogens is 4.